The smallest absolute Gasteiger partial charge is 0.231 e. The lowest BCUT2D eigenvalue weighted by atomic mass is 9.91. The van der Waals surface area contributed by atoms with Crippen molar-refractivity contribution in [3.8, 4) is 11.5 Å². The molecule has 1 aliphatic heterocycles. The first-order valence-electron chi connectivity index (χ1n) is 5.68. The van der Waals surface area contributed by atoms with Crippen LogP contribution in [0.5, 0.6) is 11.5 Å². The average Bonchev–Trinajstić information content (AvgIpc) is 2.60. The molecular weight excluding hydrogens is 223 g/mol. The Morgan fingerprint density at radius 1 is 1.35 bits per heavy atom. The van der Waals surface area contributed by atoms with Crippen LogP contribution in [0.1, 0.15) is 31.9 Å². The maximum atomic E-state index is 14.1. The number of fused-ring (bicyclic) bond motifs is 1. The molecule has 1 heterocycles. The molecule has 0 spiro atoms. The molecule has 0 aromatic heterocycles. The van der Waals surface area contributed by atoms with Gasteiger partial charge >= 0.3 is 0 Å². The Hall–Kier alpha value is -1.29. The maximum Gasteiger partial charge on any atom is 0.231 e. The summed E-state index contributed by atoms with van der Waals surface area (Å²) in [4.78, 5) is 0. The van der Waals surface area contributed by atoms with Crippen molar-refractivity contribution in [3.05, 3.63) is 23.3 Å². The van der Waals surface area contributed by atoms with Gasteiger partial charge in [0.15, 0.2) is 11.5 Å². The van der Waals surface area contributed by atoms with E-state index in [2.05, 4.69) is 0 Å². The number of alkyl halides is 1. The summed E-state index contributed by atoms with van der Waals surface area (Å²) in [5.41, 5.74) is -0.162. The van der Waals surface area contributed by atoms with Crippen molar-refractivity contribution >= 4 is 0 Å². The number of aliphatic hydroxyl groups excluding tert-OH is 1. The zero-order valence-corrected chi connectivity index (χ0v) is 10.3. The topological polar surface area (TPSA) is 38.7 Å². The van der Waals surface area contributed by atoms with Crippen molar-refractivity contribution < 1.29 is 19.0 Å². The fraction of sp³-hybridized carbons (Fsp3) is 0.538. The normalized spacial score (nSPS) is 16.1. The number of benzene rings is 1. The first-order chi connectivity index (χ1) is 7.88. The molecule has 1 aromatic rings. The van der Waals surface area contributed by atoms with Gasteiger partial charge in [0.2, 0.25) is 6.79 Å². The third-order valence-corrected chi connectivity index (χ3v) is 2.75. The van der Waals surface area contributed by atoms with E-state index in [4.69, 9.17) is 9.47 Å². The minimum absolute atomic E-state index is 0.166. The minimum atomic E-state index is -1.47. The summed E-state index contributed by atoms with van der Waals surface area (Å²) >= 11 is 0. The van der Waals surface area contributed by atoms with Gasteiger partial charge < -0.3 is 14.6 Å². The molecule has 0 amide bonds. The van der Waals surface area contributed by atoms with Gasteiger partial charge in [-0.1, -0.05) is 0 Å². The lowest BCUT2D eigenvalue weighted by Gasteiger charge is -2.20. The molecule has 3 nitrogen and oxygen atoms in total. The molecule has 0 saturated heterocycles. The predicted molar refractivity (Wildman–Crippen MR) is 62.1 cm³/mol. The second-order valence-corrected chi connectivity index (χ2v) is 4.89. The van der Waals surface area contributed by atoms with Crippen LogP contribution in [0, 0.1) is 0 Å². The van der Waals surface area contributed by atoms with Crippen LogP contribution in [0.15, 0.2) is 12.1 Å². The van der Waals surface area contributed by atoms with Gasteiger partial charge in [0, 0.05) is 0 Å². The van der Waals surface area contributed by atoms with E-state index in [1.165, 1.54) is 13.8 Å². The van der Waals surface area contributed by atoms with E-state index in [9.17, 15) is 9.50 Å². The van der Waals surface area contributed by atoms with Gasteiger partial charge in [0.25, 0.3) is 0 Å². The van der Waals surface area contributed by atoms with Crippen LogP contribution in [-0.4, -0.2) is 18.0 Å². The van der Waals surface area contributed by atoms with E-state index in [-0.39, 0.29) is 6.79 Å². The van der Waals surface area contributed by atoms with Gasteiger partial charge in [-0.3, -0.25) is 0 Å². The zero-order valence-electron chi connectivity index (χ0n) is 10.3. The summed E-state index contributed by atoms with van der Waals surface area (Å²) in [6.45, 7) is 4.84. The average molecular weight is 240 g/mol. The quantitative estimate of drug-likeness (QED) is 0.882. The van der Waals surface area contributed by atoms with Gasteiger partial charge in [-0.25, -0.2) is 4.39 Å². The molecule has 1 unspecified atom stereocenters. The van der Waals surface area contributed by atoms with Crippen LogP contribution >= 0.6 is 0 Å². The highest BCUT2D eigenvalue weighted by Crippen LogP contribution is 2.39. The largest absolute Gasteiger partial charge is 0.454 e. The molecule has 17 heavy (non-hydrogen) atoms. The number of hydrogen-bond donors (Lipinski definition) is 1. The Labute approximate surface area is 100 Å². The number of hydrogen-bond acceptors (Lipinski definition) is 3. The Morgan fingerprint density at radius 3 is 2.47 bits per heavy atom. The maximum absolute atomic E-state index is 14.1. The van der Waals surface area contributed by atoms with Crippen molar-refractivity contribution in [1.82, 2.24) is 0 Å². The van der Waals surface area contributed by atoms with Gasteiger partial charge in [-0.15, -0.1) is 0 Å². The van der Waals surface area contributed by atoms with Crippen LogP contribution in [-0.2, 0) is 12.1 Å². The molecule has 1 aliphatic rings. The predicted octanol–water partition coefficient (Wildman–Crippen LogP) is 2.54. The molecule has 0 radical (unpaired) electrons. The summed E-state index contributed by atoms with van der Waals surface area (Å²) in [5, 5.41) is 9.45. The monoisotopic (exact) mass is 240 g/mol. The van der Waals surface area contributed by atoms with Crippen molar-refractivity contribution in [2.45, 2.75) is 39.0 Å². The highest BCUT2D eigenvalue weighted by molar-refractivity contribution is 5.50. The standard InChI is InChI=1S/C13H17FO3/c1-8(15)4-9-5-11-12(17-7-16-11)6-10(9)13(2,3)14/h5-6,8,15H,4,7H2,1-3H3. The lowest BCUT2D eigenvalue weighted by Crippen LogP contribution is -2.15. The van der Waals surface area contributed by atoms with E-state index in [1.54, 1.807) is 19.1 Å². The second kappa shape index (κ2) is 4.18. The number of aliphatic hydroxyl groups is 1. The summed E-state index contributed by atoms with van der Waals surface area (Å²) in [7, 11) is 0. The Morgan fingerprint density at radius 2 is 1.94 bits per heavy atom. The molecule has 1 N–H and O–H groups in total. The van der Waals surface area contributed by atoms with E-state index in [0.717, 1.165) is 5.56 Å². The molecule has 0 fully saturated rings. The van der Waals surface area contributed by atoms with Gasteiger partial charge in [0.05, 0.1) is 6.10 Å². The zero-order chi connectivity index (χ0) is 12.6. The molecule has 4 heteroatoms. The molecule has 0 bridgehead atoms. The van der Waals surface area contributed by atoms with E-state index >= 15 is 0 Å². The first-order valence-corrected chi connectivity index (χ1v) is 5.68. The van der Waals surface area contributed by atoms with Crippen LogP contribution in [0.4, 0.5) is 4.39 Å². The molecule has 1 aromatic carbocycles. The first kappa shape index (κ1) is 12.2. The van der Waals surface area contributed by atoms with Gasteiger partial charge in [-0.05, 0) is 50.5 Å². The molecular formula is C13H17FO3. The van der Waals surface area contributed by atoms with Crippen LogP contribution < -0.4 is 9.47 Å². The molecule has 1 atom stereocenters. The summed E-state index contributed by atoms with van der Waals surface area (Å²) in [5.74, 6) is 1.19. The SMILES string of the molecule is CC(O)Cc1cc2c(cc1C(C)(C)F)OCO2. The Balaban J connectivity index is 2.47. The van der Waals surface area contributed by atoms with Crippen molar-refractivity contribution in [1.29, 1.82) is 0 Å². The summed E-state index contributed by atoms with van der Waals surface area (Å²) < 4.78 is 24.6. The lowest BCUT2D eigenvalue weighted by molar-refractivity contribution is 0.173. The van der Waals surface area contributed by atoms with Crippen molar-refractivity contribution in [2.24, 2.45) is 0 Å². The van der Waals surface area contributed by atoms with Crippen LogP contribution in [0.25, 0.3) is 0 Å². The minimum Gasteiger partial charge on any atom is -0.454 e. The molecule has 2 rings (SSSR count). The highest BCUT2D eigenvalue weighted by atomic mass is 19.1. The van der Waals surface area contributed by atoms with E-state index in [1.807, 2.05) is 0 Å². The molecule has 0 saturated carbocycles. The van der Waals surface area contributed by atoms with Crippen LogP contribution in [0.3, 0.4) is 0 Å². The van der Waals surface area contributed by atoms with E-state index < -0.39 is 11.8 Å². The number of halogens is 1. The molecule has 0 aliphatic carbocycles. The summed E-state index contributed by atoms with van der Waals surface area (Å²) in [6, 6.07) is 3.42. The second-order valence-electron chi connectivity index (χ2n) is 4.89. The Bertz CT molecular complexity index is 421. The third-order valence-electron chi connectivity index (χ3n) is 2.75. The molecule has 94 valence electrons. The number of ether oxygens (including phenoxy) is 2. The fourth-order valence-electron chi connectivity index (χ4n) is 2.02. The Kier molecular flexibility index (Phi) is 3.00. The van der Waals surface area contributed by atoms with Gasteiger partial charge in [0.1, 0.15) is 5.67 Å². The fourth-order valence-corrected chi connectivity index (χ4v) is 2.02. The van der Waals surface area contributed by atoms with Crippen molar-refractivity contribution in [2.75, 3.05) is 6.79 Å². The van der Waals surface area contributed by atoms with Crippen molar-refractivity contribution in [3.63, 3.8) is 0 Å². The third kappa shape index (κ3) is 2.52. The van der Waals surface area contributed by atoms with Crippen LogP contribution in [0.2, 0.25) is 0 Å². The summed E-state index contributed by atoms with van der Waals surface area (Å²) in [6.07, 6.45) is -0.115. The van der Waals surface area contributed by atoms with Gasteiger partial charge in [-0.2, -0.15) is 0 Å². The highest BCUT2D eigenvalue weighted by Gasteiger charge is 2.27. The number of rotatable bonds is 3. The van der Waals surface area contributed by atoms with E-state index in [0.29, 0.717) is 23.5 Å².